The second kappa shape index (κ2) is 14.4. The molecule has 0 aliphatic carbocycles. The number of phenolic OH excluding ortho intramolecular Hbond substituents is 1. The molecule has 0 saturated carbocycles. The summed E-state index contributed by atoms with van der Waals surface area (Å²) in [5, 5.41) is 47.1. The zero-order chi connectivity index (χ0) is 30.8. The highest BCUT2D eigenvalue weighted by Crippen LogP contribution is 2.34. The minimum atomic E-state index is -2.74. The second-order valence-corrected chi connectivity index (χ2v) is 9.75. The molecule has 3 rings (SSSR count). The number of nitrogens with zero attached hydrogens (tertiary/aromatic N) is 1. The van der Waals surface area contributed by atoms with E-state index in [1.54, 1.807) is 24.3 Å². The van der Waals surface area contributed by atoms with Gasteiger partial charge in [0.1, 0.15) is 17.3 Å². The monoisotopic (exact) mass is 578 g/mol. The number of carboxylic acids is 3. The fourth-order valence-electron chi connectivity index (χ4n) is 4.58. The summed E-state index contributed by atoms with van der Waals surface area (Å²) < 4.78 is 18.9. The second-order valence-electron chi connectivity index (χ2n) is 9.75. The van der Waals surface area contributed by atoms with E-state index in [1.807, 2.05) is 13.0 Å². The number of carbonyl (C=O) groups excluding carboxylic acids is 1. The van der Waals surface area contributed by atoms with Gasteiger partial charge in [0.25, 0.3) is 0 Å². The molecule has 2 aromatic carbocycles. The van der Waals surface area contributed by atoms with Gasteiger partial charge in [-0.15, -0.1) is 0 Å². The van der Waals surface area contributed by atoms with E-state index in [-0.39, 0.29) is 17.5 Å². The molecule has 1 heterocycles. The van der Waals surface area contributed by atoms with E-state index in [0.29, 0.717) is 26.0 Å². The van der Waals surface area contributed by atoms with Crippen LogP contribution >= 0.6 is 0 Å². The van der Waals surface area contributed by atoms with Crippen molar-refractivity contribution >= 4 is 23.8 Å². The van der Waals surface area contributed by atoms with Crippen LogP contribution in [-0.2, 0) is 31.3 Å². The Morgan fingerprint density at radius 1 is 1.00 bits per heavy atom. The predicted molar refractivity (Wildman–Crippen MR) is 143 cm³/mol. The van der Waals surface area contributed by atoms with Crippen molar-refractivity contribution in [2.45, 2.75) is 57.2 Å². The molecule has 0 atom stereocenters. The van der Waals surface area contributed by atoms with Crippen LogP contribution in [0.3, 0.4) is 0 Å². The number of hydrogen-bond donors (Lipinski definition) is 6. The first-order chi connectivity index (χ1) is 19.2. The van der Waals surface area contributed by atoms with Crippen molar-refractivity contribution in [1.82, 2.24) is 10.2 Å². The standard InChI is InChI=1S/C22H27FN2O3.C6H8O7/c1-3-28-20-8-9-21(27)17(14-20)15-25-12-10-22(11-13-25,24-16(2)26)18-4-6-19(23)7-5-18;7-3(8)1-6(13,5(11)12)2-4(9)10/h4-9,14,27H,3,10-13,15H2,1-2H3,(H,24,26);13H,1-2H2,(H,7,8)(H,9,10)(H,11,12). The van der Waals surface area contributed by atoms with E-state index in [2.05, 4.69) is 10.2 Å². The molecule has 2 aromatic rings. The van der Waals surface area contributed by atoms with E-state index in [0.717, 1.165) is 30.0 Å². The van der Waals surface area contributed by atoms with Gasteiger partial charge in [-0.25, -0.2) is 9.18 Å². The number of aromatic hydroxyl groups is 1. The van der Waals surface area contributed by atoms with Crippen molar-refractivity contribution in [3.05, 3.63) is 59.4 Å². The maximum absolute atomic E-state index is 13.3. The van der Waals surface area contributed by atoms with Gasteiger partial charge in [0.05, 0.1) is 25.0 Å². The number of phenols is 1. The topological polar surface area (TPSA) is 194 Å². The first-order valence-electron chi connectivity index (χ1n) is 12.8. The Morgan fingerprint density at radius 3 is 2.02 bits per heavy atom. The van der Waals surface area contributed by atoms with Gasteiger partial charge in [0, 0.05) is 32.1 Å². The number of ether oxygens (including phenoxy) is 1. The number of piperidine rings is 1. The van der Waals surface area contributed by atoms with Gasteiger partial charge < -0.3 is 35.6 Å². The summed E-state index contributed by atoms with van der Waals surface area (Å²) in [6.07, 6.45) is -0.864. The molecule has 12 nitrogen and oxygen atoms in total. The zero-order valence-electron chi connectivity index (χ0n) is 22.8. The number of carbonyl (C=O) groups is 4. The molecular weight excluding hydrogens is 543 g/mol. The molecule has 1 aliphatic heterocycles. The first-order valence-corrected chi connectivity index (χ1v) is 12.8. The number of rotatable bonds is 11. The van der Waals surface area contributed by atoms with Crippen LogP contribution in [0, 0.1) is 5.82 Å². The van der Waals surface area contributed by atoms with Gasteiger partial charge >= 0.3 is 17.9 Å². The van der Waals surface area contributed by atoms with Crippen LogP contribution in [0.2, 0.25) is 0 Å². The molecule has 224 valence electrons. The molecule has 1 aliphatic rings. The summed E-state index contributed by atoms with van der Waals surface area (Å²) in [4.78, 5) is 44.6. The van der Waals surface area contributed by atoms with Crippen LogP contribution in [0.15, 0.2) is 42.5 Å². The lowest BCUT2D eigenvalue weighted by Gasteiger charge is -2.42. The molecule has 0 spiro atoms. The van der Waals surface area contributed by atoms with Crippen molar-refractivity contribution in [2.75, 3.05) is 19.7 Å². The van der Waals surface area contributed by atoms with E-state index < -0.39 is 41.9 Å². The number of nitrogens with one attached hydrogen (secondary N) is 1. The average molecular weight is 579 g/mol. The Kier molecular flexibility index (Phi) is 11.6. The largest absolute Gasteiger partial charge is 0.508 e. The number of hydrogen-bond acceptors (Lipinski definition) is 8. The van der Waals surface area contributed by atoms with Crippen LogP contribution in [0.5, 0.6) is 11.5 Å². The Morgan fingerprint density at radius 2 is 1.56 bits per heavy atom. The van der Waals surface area contributed by atoms with Crippen LogP contribution in [0.25, 0.3) is 0 Å². The van der Waals surface area contributed by atoms with Gasteiger partial charge in [-0.05, 0) is 55.7 Å². The quantitative estimate of drug-likeness (QED) is 0.229. The fraction of sp³-hybridized carbons (Fsp3) is 0.429. The van der Waals surface area contributed by atoms with E-state index in [9.17, 15) is 28.7 Å². The van der Waals surface area contributed by atoms with Crippen molar-refractivity contribution in [1.29, 1.82) is 0 Å². The average Bonchev–Trinajstić information content (AvgIpc) is 2.87. The maximum atomic E-state index is 13.3. The lowest BCUT2D eigenvalue weighted by atomic mass is 9.80. The smallest absolute Gasteiger partial charge is 0.336 e. The third-order valence-corrected chi connectivity index (χ3v) is 6.56. The van der Waals surface area contributed by atoms with Crippen molar-refractivity contribution in [2.24, 2.45) is 0 Å². The normalized spacial score (nSPS) is 14.7. The number of carboxylic acid groups (broad SMARTS) is 3. The SMILES string of the molecule is CCOc1ccc(O)c(CN2CCC(NC(C)=O)(c3ccc(F)cc3)CC2)c1.O=C(O)CC(O)(CC(=O)O)C(=O)O. The fourth-order valence-corrected chi connectivity index (χ4v) is 4.58. The number of aliphatic hydroxyl groups is 1. The Bertz CT molecular complexity index is 1210. The van der Waals surface area contributed by atoms with Crippen molar-refractivity contribution in [3.8, 4) is 11.5 Å². The number of amides is 1. The van der Waals surface area contributed by atoms with Crippen molar-refractivity contribution in [3.63, 3.8) is 0 Å². The number of benzene rings is 2. The molecule has 0 unspecified atom stereocenters. The minimum Gasteiger partial charge on any atom is -0.508 e. The van der Waals surface area contributed by atoms with Gasteiger partial charge in [-0.3, -0.25) is 19.3 Å². The predicted octanol–water partition coefficient (Wildman–Crippen LogP) is 2.31. The highest BCUT2D eigenvalue weighted by molar-refractivity contribution is 5.88. The molecular formula is C28H35FN2O10. The van der Waals surface area contributed by atoms with E-state index in [1.165, 1.54) is 19.1 Å². The van der Waals surface area contributed by atoms with Gasteiger partial charge in [0.15, 0.2) is 5.60 Å². The van der Waals surface area contributed by atoms with Crippen molar-refractivity contribution < 1.29 is 53.8 Å². The zero-order valence-corrected chi connectivity index (χ0v) is 22.8. The highest BCUT2D eigenvalue weighted by atomic mass is 19.1. The summed E-state index contributed by atoms with van der Waals surface area (Å²) in [6.45, 7) is 6.10. The summed E-state index contributed by atoms with van der Waals surface area (Å²) in [7, 11) is 0. The lowest BCUT2D eigenvalue weighted by Crippen LogP contribution is -2.52. The summed E-state index contributed by atoms with van der Waals surface area (Å²) in [6, 6.07) is 11.6. The Labute approximate surface area is 236 Å². The lowest BCUT2D eigenvalue weighted by molar-refractivity contribution is -0.170. The van der Waals surface area contributed by atoms with E-state index in [4.69, 9.17) is 25.2 Å². The molecule has 13 heteroatoms. The molecule has 1 amide bonds. The van der Waals surface area contributed by atoms with Gasteiger partial charge in [-0.2, -0.15) is 0 Å². The highest BCUT2D eigenvalue weighted by Gasteiger charge is 2.41. The third kappa shape index (κ3) is 9.72. The molecule has 41 heavy (non-hydrogen) atoms. The van der Waals surface area contributed by atoms with E-state index >= 15 is 0 Å². The molecule has 1 saturated heterocycles. The number of halogens is 1. The number of likely N-dealkylation sites (tertiary alicyclic amines) is 1. The molecule has 1 fully saturated rings. The van der Waals surface area contributed by atoms with Gasteiger partial charge in [0.2, 0.25) is 5.91 Å². The minimum absolute atomic E-state index is 0.0974. The first kappa shape index (κ1) is 33.0. The van der Waals surface area contributed by atoms with Crippen LogP contribution in [0.4, 0.5) is 4.39 Å². The van der Waals surface area contributed by atoms with Crippen LogP contribution in [0.1, 0.15) is 50.7 Å². The number of aliphatic carboxylic acids is 3. The molecule has 0 radical (unpaired) electrons. The molecule has 0 bridgehead atoms. The summed E-state index contributed by atoms with van der Waals surface area (Å²) in [5.74, 6) is -4.41. The van der Waals surface area contributed by atoms with Crippen LogP contribution < -0.4 is 10.1 Å². The Balaban J connectivity index is 0.000000383. The maximum Gasteiger partial charge on any atom is 0.336 e. The Hall–Kier alpha value is -4.23. The van der Waals surface area contributed by atoms with Crippen LogP contribution in [-0.4, -0.2) is 79.5 Å². The summed E-state index contributed by atoms with van der Waals surface area (Å²) >= 11 is 0. The third-order valence-electron chi connectivity index (χ3n) is 6.56. The molecule has 0 aromatic heterocycles. The molecule has 6 N–H and O–H groups in total. The van der Waals surface area contributed by atoms with Gasteiger partial charge in [-0.1, -0.05) is 12.1 Å². The summed E-state index contributed by atoms with van der Waals surface area (Å²) in [5.41, 5.74) is -1.49.